The summed E-state index contributed by atoms with van der Waals surface area (Å²) in [4.78, 5) is 46.2. The Hall–Kier alpha value is -2.29. The fourth-order valence-corrected chi connectivity index (χ4v) is 2.30. The summed E-state index contributed by atoms with van der Waals surface area (Å²) < 4.78 is 0. The number of carbonyl (C=O) groups is 3. The quantitative estimate of drug-likeness (QED) is 0.623. The number of hydrogen-bond donors (Lipinski definition) is 1. The Morgan fingerprint density at radius 2 is 1.95 bits per heavy atom. The van der Waals surface area contributed by atoms with E-state index >= 15 is 0 Å². The van der Waals surface area contributed by atoms with E-state index in [1.807, 2.05) is 0 Å². The normalized spacial score (nSPS) is 16.9. The molecule has 3 amide bonds. The monoisotopic (exact) mass is 354 g/mol. The molecule has 1 aliphatic rings. The number of aliphatic carboxylic acids is 1. The van der Waals surface area contributed by atoms with Gasteiger partial charge in [0.15, 0.2) is 0 Å². The van der Waals surface area contributed by atoms with Crippen LogP contribution in [0.3, 0.4) is 0 Å². The Morgan fingerprint density at radius 3 is 2.52 bits per heavy atom. The van der Waals surface area contributed by atoms with Gasteiger partial charge in [-0.05, 0) is 0 Å². The van der Waals surface area contributed by atoms with E-state index in [2.05, 4.69) is 25.9 Å². The molecule has 1 aliphatic heterocycles. The van der Waals surface area contributed by atoms with Crippen molar-refractivity contribution in [3.63, 3.8) is 0 Å². The lowest BCUT2D eigenvalue weighted by Crippen LogP contribution is -2.33. The van der Waals surface area contributed by atoms with Crippen molar-refractivity contribution in [3.05, 3.63) is 35.0 Å². The van der Waals surface area contributed by atoms with Crippen LogP contribution in [0.25, 0.3) is 0 Å². The maximum atomic E-state index is 12.2. The lowest BCUT2D eigenvalue weighted by molar-refractivity contribution is -0.137. The Labute approximate surface area is 128 Å². The minimum absolute atomic E-state index is 0.0341. The number of amides is 3. The molecule has 1 N–H and O–H groups in total. The van der Waals surface area contributed by atoms with Crippen molar-refractivity contribution in [2.75, 3.05) is 6.54 Å². The largest absolute Gasteiger partial charge is 0.481 e. The van der Waals surface area contributed by atoms with E-state index in [0.717, 1.165) is 9.80 Å². The highest BCUT2D eigenvalue weighted by Gasteiger charge is 2.40. The van der Waals surface area contributed by atoms with Gasteiger partial charge in [0.25, 0.3) is 5.91 Å². The molecule has 21 heavy (non-hydrogen) atoms. The molecule has 0 radical (unpaired) electrons. The number of imide groups is 1. The molecule has 2 heterocycles. The van der Waals surface area contributed by atoms with E-state index < -0.39 is 17.9 Å². The van der Waals surface area contributed by atoms with E-state index in [0.29, 0.717) is 5.56 Å². The van der Waals surface area contributed by atoms with Gasteiger partial charge in [-0.25, -0.2) is 14.8 Å². The minimum Gasteiger partial charge on any atom is -0.481 e. The molecule has 8 nitrogen and oxygen atoms in total. The van der Waals surface area contributed by atoms with Gasteiger partial charge in [0, 0.05) is 29.5 Å². The molecule has 2 rings (SSSR count). The Morgan fingerprint density at radius 1 is 1.29 bits per heavy atom. The molecule has 1 saturated heterocycles. The van der Waals surface area contributed by atoms with E-state index in [-0.39, 0.29) is 25.2 Å². The van der Waals surface area contributed by atoms with Gasteiger partial charge in [0.2, 0.25) is 0 Å². The summed E-state index contributed by atoms with van der Waals surface area (Å²) in [6, 6.07) is -0.559. The van der Waals surface area contributed by atoms with Gasteiger partial charge in [0.05, 0.1) is 13.0 Å². The molecule has 1 fully saturated rings. The van der Waals surface area contributed by atoms with Crippen LogP contribution in [0.15, 0.2) is 29.4 Å². The first kappa shape index (κ1) is 15.1. The van der Waals surface area contributed by atoms with Gasteiger partial charge in [0.1, 0.15) is 12.0 Å². The zero-order valence-corrected chi connectivity index (χ0v) is 12.4. The number of carboxylic acids is 1. The molecule has 0 spiro atoms. The summed E-state index contributed by atoms with van der Waals surface area (Å²) in [7, 11) is 0. The summed E-state index contributed by atoms with van der Waals surface area (Å²) in [6.07, 6.45) is 4.11. The highest BCUT2D eigenvalue weighted by atomic mass is 79.9. The summed E-state index contributed by atoms with van der Waals surface area (Å²) in [5.74, 6) is -1.54. The second-order valence-corrected chi connectivity index (χ2v) is 4.67. The lowest BCUT2D eigenvalue weighted by atomic mass is 10.3. The number of nitrogens with zero attached hydrogens (tertiary/aromatic N) is 4. The third-order valence-electron chi connectivity index (χ3n) is 2.82. The summed E-state index contributed by atoms with van der Waals surface area (Å²) in [5, 5.41) is 8.70. The molecule has 0 aromatic carbocycles. The Kier molecular flexibility index (Phi) is 4.63. The van der Waals surface area contributed by atoms with E-state index in [1.54, 1.807) is 0 Å². The predicted molar refractivity (Wildman–Crippen MR) is 73.9 cm³/mol. The molecule has 0 atom stereocenters. The zero-order valence-electron chi connectivity index (χ0n) is 10.8. The van der Waals surface area contributed by atoms with Crippen LogP contribution >= 0.6 is 15.9 Å². The molecule has 0 aliphatic carbocycles. The van der Waals surface area contributed by atoms with Gasteiger partial charge in [-0.2, -0.15) is 0 Å². The maximum Gasteiger partial charge on any atom is 0.332 e. The first-order valence-electron chi connectivity index (χ1n) is 5.94. The van der Waals surface area contributed by atoms with Gasteiger partial charge >= 0.3 is 12.0 Å². The van der Waals surface area contributed by atoms with Crippen molar-refractivity contribution in [1.29, 1.82) is 0 Å². The zero-order chi connectivity index (χ0) is 15.4. The van der Waals surface area contributed by atoms with Gasteiger partial charge in [-0.3, -0.25) is 19.4 Å². The van der Waals surface area contributed by atoms with Crippen molar-refractivity contribution < 1.29 is 19.5 Å². The molecular formula is C12H11BrN4O4. The second-order valence-electron chi connectivity index (χ2n) is 4.21. The SMILES string of the molecule is O=C(O)CCN1C(=O)N(Cc2cncnc2)C(=O)C1=CBr. The van der Waals surface area contributed by atoms with Crippen LogP contribution in [0.2, 0.25) is 0 Å². The predicted octanol–water partition coefficient (Wildman–Crippen LogP) is 0.952. The summed E-state index contributed by atoms with van der Waals surface area (Å²) >= 11 is 3.03. The standard InChI is InChI=1S/C12H11BrN4O4/c13-3-9-11(20)17(6-8-4-14-7-15-5-8)12(21)16(9)2-1-10(18)19/h3-5,7H,1-2,6H2,(H,18,19). The molecular weight excluding hydrogens is 344 g/mol. The Balaban J connectivity index is 2.18. The maximum absolute atomic E-state index is 12.2. The first-order chi connectivity index (χ1) is 10.0. The highest BCUT2D eigenvalue weighted by Crippen LogP contribution is 2.24. The van der Waals surface area contributed by atoms with E-state index in [9.17, 15) is 14.4 Å². The molecule has 1 aromatic rings. The van der Waals surface area contributed by atoms with Crippen LogP contribution < -0.4 is 0 Å². The minimum atomic E-state index is -1.04. The number of carbonyl (C=O) groups excluding carboxylic acids is 2. The van der Waals surface area contributed by atoms with Crippen LogP contribution in [-0.4, -0.2) is 49.3 Å². The highest BCUT2D eigenvalue weighted by molar-refractivity contribution is 9.11. The van der Waals surface area contributed by atoms with E-state index in [1.165, 1.54) is 23.7 Å². The molecule has 110 valence electrons. The van der Waals surface area contributed by atoms with Crippen molar-refractivity contribution >= 4 is 33.8 Å². The second kappa shape index (κ2) is 6.44. The Bertz CT molecular complexity index is 605. The fourth-order valence-electron chi connectivity index (χ4n) is 1.85. The van der Waals surface area contributed by atoms with Gasteiger partial charge in [-0.1, -0.05) is 15.9 Å². The number of hydrogen-bond acceptors (Lipinski definition) is 5. The van der Waals surface area contributed by atoms with Crippen molar-refractivity contribution in [1.82, 2.24) is 19.8 Å². The fraction of sp³-hybridized carbons (Fsp3) is 0.250. The average Bonchev–Trinajstić information content (AvgIpc) is 2.70. The van der Waals surface area contributed by atoms with Gasteiger partial charge < -0.3 is 5.11 Å². The smallest absolute Gasteiger partial charge is 0.332 e. The van der Waals surface area contributed by atoms with Crippen LogP contribution in [0.4, 0.5) is 4.79 Å². The van der Waals surface area contributed by atoms with Crippen LogP contribution in [0.5, 0.6) is 0 Å². The molecule has 0 unspecified atom stereocenters. The van der Waals surface area contributed by atoms with Crippen LogP contribution in [0, 0.1) is 0 Å². The number of aromatic nitrogens is 2. The molecule has 0 bridgehead atoms. The summed E-state index contributed by atoms with van der Waals surface area (Å²) in [5.41, 5.74) is 0.714. The third kappa shape index (κ3) is 3.24. The van der Waals surface area contributed by atoms with E-state index in [4.69, 9.17) is 5.11 Å². The number of urea groups is 1. The van der Waals surface area contributed by atoms with Crippen molar-refractivity contribution in [2.45, 2.75) is 13.0 Å². The topological polar surface area (TPSA) is 104 Å². The van der Waals surface area contributed by atoms with Crippen LogP contribution in [0.1, 0.15) is 12.0 Å². The average molecular weight is 355 g/mol. The lowest BCUT2D eigenvalue weighted by Gasteiger charge is -2.15. The van der Waals surface area contributed by atoms with Crippen molar-refractivity contribution in [3.8, 4) is 0 Å². The van der Waals surface area contributed by atoms with Crippen molar-refractivity contribution in [2.24, 2.45) is 0 Å². The van der Waals surface area contributed by atoms with Gasteiger partial charge in [-0.15, -0.1) is 0 Å². The third-order valence-corrected chi connectivity index (χ3v) is 3.26. The number of carboxylic acid groups (broad SMARTS) is 1. The summed E-state index contributed by atoms with van der Waals surface area (Å²) in [6.45, 7) is -0.0362. The number of halogens is 1. The molecule has 1 aromatic heterocycles. The molecule has 9 heteroatoms. The number of rotatable bonds is 5. The van der Waals surface area contributed by atoms with Crippen LogP contribution in [-0.2, 0) is 16.1 Å². The first-order valence-corrected chi connectivity index (χ1v) is 6.85. The molecule has 0 saturated carbocycles.